The lowest BCUT2D eigenvalue weighted by molar-refractivity contribution is 0.0693. The van der Waals surface area contributed by atoms with Crippen LogP contribution in [-0.4, -0.2) is 16.2 Å². The first-order valence-corrected chi connectivity index (χ1v) is 8.25. The van der Waals surface area contributed by atoms with Crippen molar-refractivity contribution in [3.63, 3.8) is 0 Å². The predicted molar refractivity (Wildman–Crippen MR) is 93.4 cm³/mol. The average molecular weight is 328 g/mol. The van der Waals surface area contributed by atoms with E-state index in [0.717, 1.165) is 30.4 Å². The van der Waals surface area contributed by atoms with Gasteiger partial charge in [-0.3, -0.25) is 0 Å². The lowest BCUT2D eigenvalue weighted by Crippen LogP contribution is -2.08. The van der Waals surface area contributed by atoms with Gasteiger partial charge in [-0.05, 0) is 42.7 Å². The zero-order valence-electron chi connectivity index (χ0n) is 14.2. The maximum atomic E-state index is 11.3. The minimum absolute atomic E-state index is 0.183. The van der Waals surface area contributed by atoms with E-state index in [-0.39, 0.29) is 12.2 Å². The van der Waals surface area contributed by atoms with E-state index in [1.165, 1.54) is 0 Å². The van der Waals surface area contributed by atoms with Crippen LogP contribution in [0.2, 0.25) is 0 Å². The van der Waals surface area contributed by atoms with Crippen molar-refractivity contribution in [1.29, 1.82) is 0 Å². The number of aliphatic hydroxyl groups excluding tert-OH is 1. The minimum Gasteiger partial charge on any atom is -0.489 e. The molecule has 4 heteroatoms. The number of carboxylic acids is 1. The van der Waals surface area contributed by atoms with Crippen molar-refractivity contribution in [2.24, 2.45) is 0 Å². The van der Waals surface area contributed by atoms with Gasteiger partial charge in [-0.15, -0.1) is 0 Å². The molecule has 0 saturated carbocycles. The zero-order chi connectivity index (χ0) is 17.5. The number of aliphatic hydroxyl groups is 1. The summed E-state index contributed by atoms with van der Waals surface area (Å²) in [6, 6.07) is 12.5. The highest BCUT2D eigenvalue weighted by Crippen LogP contribution is 2.24. The molecule has 0 heterocycles. The van der Waals surface area contributed by atoms with Crippen LogP contribution in [0, 0.1) is 6.92 Å². The molecule has 2 N–H and O–H groups in total. The Morgan fingerprint density at radius 3 is 2.67 bits per heavy atom. The Balaban J connectivity index is 2.12. The fourth-order valence-electron chi connectivity index (χ4n) is 2.63. The van der Waals surface area contributed by atoms with E-state index in [2.05, 4.69) is 6.92 Å². The SMILES string of the molecule is CCCCC(O)c1cccc(OCc2c(C)cccc2C(=O)O)c1. The molecule has 0 aliphatic heterocycles. The fraction of sp³-hybridized carbons (Fsp3) is 0.350. The van der Waals surface area contributed by atoms with Gasteiger partial charge >= 0.3 is 5.97 Å². The molecule has 0 saturated heterocycles. The maximum Gasteiger partial charge on any atom is 0.336 e. The first-order valence-electron chi connectivity index (χ1n) is 8.25. The number of benzene rings is 2. The van der Waals surface area contributed by atoms with Crippen molar-refractivity contribution in [3.8, 4) is 5.75 Å². The summed E-state index contributed by atoms with van der Waals surface area (Å²) >= 11 is 0. The van der Waals surface area contributed by atoms with Crippen LogP contribution in [0.3, 0.4) is 0 Å². The smallest absolute Gasteiger partial charge is 0.336 e. The van der Waals surface area contributed by atoms with Gasteiger partial charge in [-0.2, -0.15) is 0 Å². The molecule has 0 amide bonds. The molecule has 0 radical (unpaired) electrons. The molecule has 2 rings (SSSR count). The third-order valence-corrected chi connectivity index (χ3v) is 4.10. The predicted octanol–water partition coefficient (Wildman–Crippen LogP) is 4.50. The summed E-state index contributed by atoms with van der Waals surface area (Å²) in [5, 5.41) is 19.5. The number of unbranched alkanes of at least 4 members (excludes halogenated alkanes) is 1. The van der Waals surface area contributed by atoms with Crippen LogP contribution in [-0.2, 0) is 6.61 Å². The van der Waals surface area contributed by atoms with E-state index < -0.39 is 12.1 Å². The van der Waals surface area contributed by atoms with Crippen LogP contribution >= 0.6 is 0 Å². The Morgan fingerprint density at radius 2 is 1.96 bits per heavy atom. The lowest BCUT2D eigenvalue weighted by Gasteiger charge is -2.14. The van der Waals surface area contributed by atoms with E-state index in [1.807, 2.05) is 37.3 Å². The molecule has 0 aliphatic rings. The Hall–Kier alpha value is -2.33. The van der Waals surface area contributed by atoms with Crippen molar-refractivity contribution >= 4 is 5.97 Å². The summed E-state index contributed by atoms with van der Waals surface area (Å²) in [5.41, 5.74) is 2.63. The minimum atomic E-state index is -0.957. The summed E-state index contributed by atoms with van der Waals surface area (Å²) in [6.45, 7) is 4.15. The molecule has 24 heavy (non-hydrogen) atoms. The van der Waals surface area contributed by atoms with Crippen molar-refractivity contribution < 1.29 is 19.7 Å². The van der Waals surface area contributed by atoms with Crippen LogP contribution in [0.15, 0.2) is 42.5 Å². The van der Waals surface area contributed by atoms with Crippen molar-refractivity contribution in [2.75, 3.05) is 0 Å². The van der Waals surface area contributed by atoms with E-state index in [4.69, 9.17) is 4.74 Å². The standard InChI is InChI=1S/C20H24O4/c1-3-4-11-19(21)15-8-6-9-16(12-15)24-13-18-14(2)7-5-10-17(18)20(22)23/h5-10,12,19,21H,3-4,11,13H2,1-2H3,(H,22,23). The highest BCUT2D eigenvalue weighted by Gasteiger charge is 2.13. The van der Waals surface area contributed by atoms with E-state index in [1.54, 1.807) is 12.1 Å². The normalized spacial score (nSPS) is 12.0. The Bertz CT molecular complexity index is 694. The van der Waals surface area contributed by atoms with Gasteiger partial charge in [0.05, 0.1) is 11.7 Å². The van der Waals surface area contributed by atoms with Gasteiger partial charge < -0.3 is 14.9 Å². The molecular formula is C20H24O4. The summed E-state index contributed by atoms with van der Waals surface area (Å²) in [4.78, 5) is 11.3. The quantitative estimate of drug-likeness (QED) is 0.749. The van der Waals surface area contributed by atoms with Crippen molar-refractivity contribution in [3.05, 3.63) is 64.7 Å². The van der Waals surface area contributed by atoms with Gasteiger partial charge in [0.2, 0.25) is 0 Å². The molecule has 0 aliphatic carbocycles. The highest BCUT2D eigenvalue weighted by molar-refractivity contribution is 5.89. The van der Waals surface area contributed by atoms with Crippen LogP contribution < -0.4 is 4.74 Å². The summed E-state index contributed by atoms with van der Waals surface area (Å²) in [6.07, 6.45) is 2.23. The van der Waals surface area contributed by atoms with Crippen LogP contribution in [0.1, 0.15) is 59.3 Å². The van der Waals surface area contributed by atoms with Crippen LogP contribution in [0.5, 0.6) is 5.75 Å². The number of rotatable bonds is 8. The first kappa shape index (κ1) is 18.0. The summed E-state index contributed by atoms with van der Waals surface area (Å²) < 4.78 is 5.78. The first-order chi connectivity index (χ1) is 11.5. The molecule has 4 nitrogen and oxygen atoms in total. The number of hydrogen-bond donors (Lipinski definition) is 2. The number of hydrogen-bond acceptors (Lipinski definition) is 3. The number of ether oxygens (including phenoxy) is 1. The second-order valence-electron chi connectivity index (χ2n) is 5.93. The van der Waals surface area contributed by atoms with Gasteiger partial charge in [0.15, 0.2) is 0 Å². The monoisotopic (exact) mass is 328 g/mol. The zero-order valence-corrected chi connectivity index (χ0v) is 14.2. The molecule has 2 aromatic carbocycles. The average Bonchev–Trinajstić information content (AvgIpc) is 2.58. The largest absolute Gasteiger partial charge is 0.489 e. The van der Waals surface area contributed by atoms with Gasteiger partial charge in [-0.1, -0.05) is 44.0 Å². The number of aromatic carboxylic acids is 1. The molecule has 2 aromatic rings. The van der Waals surface area contributed by atoms with E-state index in [9.17, 15) is 15.0 Å². The molecule has 0 spiro atoms. The van der Waals surface area contributed by atoms with Gasteiger partial charge in [0.25, 0.3) is 0 Å². The van der Waals surface area contributed by atoms with Crippen LogP contribution in [0.4, 0.5) is 0 Å². The fourth-order valence-corrected chi connectivity index (χ4v) is 2.63. The lowest BCUT2D eigenvalue weighted by atomic mass is 10.0. The Kier molecular flexibility index (Phi) is 6.38. The van der Waals surface area contributed by atoms with E-state index >= 15 is 0 Å². The summed E-state index contributed by atoms with van der Waals surface area (Å²) in [5.74, 6) is -0.330. The molecular weight excluding hydrogens is 304 g/mol. The second kappa shape index (κ2) is 8.50. The maximum absolute atomic E-state index is 11.3. The molecule has 1 unspecified atom stereocenters. The van der Waals surface area contributed by atoms with Gasteiger partial charge in [0, 0.05) is 5.56 Å². The third-order valence-electron chi connectivity index (χ3n) is 4.10. The Morgan fingerprint density at radius 1 is 1.21 bits per heavy atom. The van der Waals surface area contributed by atoms with E-state index in [0.29, 0.717) is 11.3 Å². The molecule has 128 valence electrons. The van der Waals surface area contributed by atoms with Gasteiger partial charge in [-0.25, -0.2) is 4.79 Å². The third kappa shape index (κ3) is 4.59. The number of aryl methyl sites for hydroxylation is 1. The van der Waals surface area contributed by atoms with Crippen LogP contribution in [0.25, 0.3) is 0 Å². The molecule has 1 atom stereocenters. The molecule has 0 bridgehead atoms. The highest BCUT2D eigenvalue weighted by atomic mass is 16.5. The van der Waals surface area contributed by atoms with Crippen molar-refractivity contribution in [1.82, 2.24) is 0 Å². The topological polar surface area (TPSA) is 66.8 Å². The molecule has 0 aromatic heterocycles. The molecule has 0 fully saturated rings. The number of carboxylic acid groups (broad SMARTS) is 1. The van der Waals surface area contributed by atoms with Gasteiger partial charge in [0.1, 0.15) is 12.4 Å². The summed E-state index contributed by atoms with van der Waals surface area (Å²) in [7, 11) is 0. The second-order valence-corrected chi connectivity index (χ2v) is 5.93. The Labute approximate surface area is 142 Å². The van der Waals surface area contributed by atoms with Crippen molar-refractivity contribution in [2.45, 2.75) is 45.8 Å². The number of carbonyl (C=O) groups is 1.